The van der Waals surface area contributed by atoms with Crippen molar-refractivity contribution in [1.82, 2.24) is 4.98 Å². The molecule has 0 atom stereocenters. The Morgan fingerprint density at radius 1 is 1.40 bits per heavy atom. The number of hydrogen-bond donors (Lipinski definition) is 2. The van der Waals surface area contributed by atoms with E-state index in [0.29, 0.717) is 16.1 Å². The zero-order chi connectivity index (χ0) is 13.9. The second kappa shape index (κ2) is 5.66. The number of nitrogens with zero attached hydrogens (tertiary/aromatic N) is 1. The predicted octanol–water partition coefficient (Wildman–Crippen LogP) is 3.62. The SMILES string of the molecule is Nc1sc(NC(=O)c2ccco2)nc1C1CCCCC1. The van der Waals surface area contributed by atoms with Crippen molar-refractivity contribution in [2.24, 2.45) is 0 Å². The first kappa shape index (κ1) is 13.2. The summed E-state index contributed by atoms with van der Waals surface area (Å²) in [5, 5.41) is 4.00. The molecule has 1 saturated carbocycles. The number of nitrogens with two attached hydrogens (primary N) is 1. The number of rotatable bonds is 3. The van der Waals surface area contributed by atoms with E-state index in [2.05, 4.69) is 10.3 Å². The maximum atomic E-state index is 11.9. The highest BCUT2D eigenvalue weighted by Gasteiger charge is 2.22. The fourth-order valence-electron chi connectivity index (χ4n) is 2.63. The molecule has 1 amide bonds. The Balaban J connectivity index is 1.73. The number of carbonyl (C=O) groups excluding carboxylic acids is 1. The molecule has 1 aliphatic carbocycles. The van der Waals surface area contributed by atoms with Crippen LogP contribution in [0.15, 0.2) is 22.8 Å². The lowest BCUT2D eigenvalue weighted by molar-refractivity contribution is 0.0996. The van der Waals surface area contributed by atoms with Crippen LogP contribution < -0.4 is 11.1 Å². The third-order valence-corrected chi connectivity index (χ3v) is 4.45. The van der Waals surface area contributed by atoms with Crippen LogP contribution in [0.2, 0.25) is 0 Å². The van der Waals surface area contributed by atoms with Crippen molar-refractivity contribution in [3.05, 3.63) is 29.9 Å². The summed E-state index contributed by atoms with van der Waals surface area (Å²) in [7, 11) is 0. The molecule has 0 spiro atoms. The van der Waals surface area contributed by atoms with Gasteiger partial charge in [0.15, 0.2) is 10.9 Å². The maximum absolute atomic E-state index is 11.9. The van der Waals surface area contributed by atoms with Gasteiger partial charge in [-0.1, -0.05) is 30.6 Å². The summed E-state index contributed by atoms with van der Waals surface area (Å²) in [6.45, 7) is 0. The molecule has 3 rings (SSSR count). The molecule has 20 heavy (non-hydrogen) atoms. The Hall–Kier alpha value is -1.82. The molecule has 106 valence electrons. The highest BCUT2D eigenvalue weighted by Crippen LogP contribution is 2.38. The summed E-state index contributed by atoms with van der Waals surface area (Å²) in [6.07, 6.45) is 7.51. The van der Waals surface area contributed by atoms with Crippen molar-refractivity contribution in [1.29, 1.82) is 0 Å². The molecule has 0 aliphatic heterocycles. The van der Waals surface area contributed by atoms with Crippen LogP contribution in [0, 0.1) is 0 Å². The van der Waals surface area contributed by atoms with E-state index < -0.39 is 0 Å². The lowest BCUT2D eigenvalue weighted by Crippen LogP contribution is -2.11. The Bertz CT molecular complexity index is 586. The first-order chi connectivity index (χ1) is 9.74. The molecular formula is C14H17N3O2S. The number of thiazole rings is 1. The highest BCUT2D eigenvalue weighted by atomic mass is 32.1. The van der Waals surface area contributed by atoms with Crippen molar-refractivity contribution in [3.8, 4) is 0 Å². The maximum Gasteiger partial charge on any atom is 0.293 e. The van der Waals surface area contributed by atoms with Crippen molar-refractivity contribution in [2.45, 2.75) is 38.0 Å². The standard InChI is InChI=1S/C14H17N3O2S/c15-12-11(9-5-2-1-3-6-9)16-14(20-12)17-13(18)10-7-4-8-19-10/h4,7-9H,1-3,5-6,15H2,(H,16,17,18). The van der Waals surface area contributed by atoms with E-state index in [1.165, 1.54) is 36.9 Å². The molecule has 1 aliphatic rings. The minimum absolute atomic E-state index is 0.276. The molecule has 1 fully saturated rings. The quantitative estimate of drug-likeness (QED) is 0.905. The Labute approximate surface area is 121 Å². The van der Waals surface area contributed by atoms with Crippen LogP contribution in [-0.4, -0.2) is 10.9 Å². The van der Waals surface area contributed by atoms with Gasteiger partial charge in [0.25, 0.3) is 5.91 Å². The minimum atomic E-state index is -0.293. The topological polar surface area (TPSA) is 81.1 Å². The monoisotopic (exact) mass is 291 g/mol. The number of aromatic nitrogens is 1. The van der Waals surface area contributed by atoms with Gasteiger partial charge < -0.3 is 10.2 Å². The van der Waals surface area contributed by atoms with Gasteiger partial charge in [-0.25, -0.2) is 4.98 Å². The van der Waals surface area contributed by atoms with Gasteiger partial charge in [-0.2, -0.15) is 0 Å². The summed E-state index contributed by atoms with van der Waals surface area (Å²) in [4.78, 5) is 16.4. The first-order valence-electron chi connectivity index (χ1n) is 6.85. The smallest absolute Gasteiger partial charge is 0.293 e. The normalized spacial score (nSPS) is 16.2. The van der Waals surface area contributed by atoms with Crippen molar-refractivity contribution in [3.63, 3.8) is 0 Å². The predicted molar refractivity (Wildman–Crippen MR) is 79.0 cm³/mol. The van der Waals surface area contributed by atoms with Gasteiger partial charge in [0, 0.05) is 5.92 Å². The minimum Gasteiger partial charge on any atom is -0.459 e. The number of nitrogen functional groups attached to an aromatic ring is 1. The van der Waals surface area contributed by atoms with Gasteiger partial charge in [0.05, 0.1) is 12.0 Å². The average Bonchev–Trinajstić information content (AvgIpc) is 3.09. The van der Waals surface area contributed by atoms with Crippen LogP contribution >= 0.6 is 11.3 Å². The third-order valence-electron chi connectivity index (χ3n) is 3.64. The molecule has 0 saturated heterocycles. The summed E-state index contributed by atoms with van der Waals surface area (Å²) in [6, 6.07) is 3.30. The third kappa shape index (κ3) is 2.70. The lowest BCUT2D eigenvalue weighted by Gasteiger charge is -2.19. The molecule has 3 N–H and O–H groups in total. The summed E-state index contributed by atoms with van der Waals surface area (Å²) in [5.74, 6) is 0.422. The van der Waals surface area contributed by atoms with Crippen molar-refractivity contribution >= 4 is 27.4 Å². The van der Waals surface area contributed by atoms with E-state index in [1.54, 1.807) is 12.1 Å². The van der Waals surface area contributed by atoms with Crippen LogP contribution in [0.5, 0.6) is 0 Å². The largest absolute Gasteiger partial charge is 0.459 e. The van der Waals surface area contributed by atoms with Gasteiger partial charge in [-0.05, 0) is 25.0 Å². The molecule has 0 aromatic carbocycles. The molecule has 2 heterocycles. The van der Waals surface area contributed by atoms with Gasteiger partial charge >= 0.3 is 0 Å². The van der Waals surface area contributed by atoms with Crippen molar-refractivity contribution < 1.29 is 9.21 Å². The zero-order valence-corrected chi connectivity index (χ0v) is 11.9. The number of amides is 1. The fraction of sp³-hybridized carbons (Fsp3) is 0.429. The van der Waals surface area contributed by atoms with Gasteiger partial charge in [0.2, 0.25) is 0 Å². The first-order valence-corrected chi connectivity index (χ1v) is 7.67. The van der Waals surface area contributed by atoms with Gasteiger partial charge in [-0.3, -0.25) is 10.1 Å². The van der Waals surface area contributed by atoms with E-state index in [0.717, 1.165) is 18.5 Å². The zero-order valence-electron chi connectivity index (χ0n) is 11.1. The van der Waals surface area contributed by atoms with Crippen LogP contribution in [0.4, 0.5) is 10.1 Å². The summed E-state index contributed by atoms with van der Waals surface area (Å²) < 4.78 is 5.05. The van der Waals surface area contributed by atoms with Crippen LogP contribution in [0.25, 0.3) is 0 Å². The molecule has 0 bridgehead atoms. The molecule has 0 unspecified atom stereocenters. The Kier molecular flexibility index (Phi) is 3.73. The summed E-state index contributed by atoms with van der Waals surface area (Å²) >= 11 is 1.33. The molecule has 2 aromatic heterocycles. The van der Waals surface area contributed by atoms with Crippen LogP contribution in [0.3, 0.4) is 0 Å². The molecule has 6 heteroatoms. The average molecular weight is 291 g/mol. The number of carbonyl (C=O) groups is 1. The van der Waals surface area contributed by atoms with Gasteiger partial charge in [0.1, 0.15) is 5.00 Å². The van der Waals surface area contributed by atoms with E-state index in [-0.39, 0.29) is 11.7 Å². The molecule has 5 nitrogen and oxygen atoms in total. The number of hydrogen-bond acceptors (Lipinski definition) is 5. The van der Waals surface area contributed by atoms with E-state index in [4.69, 9.17) is 10.2 Å². The molecule has 2 aromatic rings. The number of nitrogens with one attached hydrogen (secondary N) is 1. The Morgan fingerprint density at radius 3 is 2.90 bits per heavy atom. The molecular weight excluding hydrogens is 274 g/mol. The van der Waals surface area contributed by atoms with Crippen LogP contribution in [-0.2, 0) is 0 Å². The summed E-state index contributed by atoms with van der Waals surface area (Å²) in [5.41, 5.74) is 7.00. The number of furan rings is 1. The fourth-order valence-corrected chi connectivity index (χ4v) is 3.45. The highest BCUT2D eigenvalue weighted by molar-refractivity contribution is 7.19. The van der Waals surface area contributed by atoms with E-state index in [1.807, 2.05) is 0 Å². The second-order valence-electron chi connectivity index (χ2n) is 5.03. The van der Waals surface area contributed by atoms with E-state index in [9.17, 15) is 4.79 Å². The molecule has 0 radical (unpaired) electrons. The number of anilines is 2. The van der Waals surface area contributed by atoms with Crippen molar-refractivity contribution in [2.75, 3.05) is 11.1 Å². The lowest BCUT2D eigenvalue weighted by atomic mass is 9.87. The second-order valence-corrected chi connectivity index (χ2v) is 6.07. The van der Waals surface area contributed by atoms with Crippen LogP contribution in [0.1, 0.15) is 54.3 Å². The van der Waals surface area contributed by atoms with E-state index >= 15 is 0 Å². The van der Waals surface area contributed by atoms with Gasteiger partial charge in [-0.15, -0.1) is 0 Å². The Morgan fingerprint density at radius 2 is 2.20 bits per heavy atom.